The number of fused-ring (bicyclic) bond motifs is 1. The van der Waals surface area contributed by atoms with E-state index in [1.165, 1.54) is 12.8 Å². The monoisotopic (exact) mass is 188 g/mol. The van der Waals surface area contributed by atoms with E-state index in [1.807, 2.05) is 0 Å². The van der Waals surface area contributed by atoms with E-state index in [0.717, 1.165) is 11.8 Å². The molecular weight excluding hydrogens is 168 g/mol. The summed E-state index contributed by atoms with van der Waals surface area (Å²) in [6, 6.07) is 4.67. The lowest BCUT2D eigenvalue weighted by molar-refractivity contribution is 0.627. The number of hydrogen-bond acceptors (Lipinski definition) is 0. The van der Waals surface area contributed by atoms with Crippen LogP contribution in [0.2, 0.25) is 0 Å². The van der Waals surface area contributed by atoms with Gasteiger partial charge in [-0.15, -0.1) is 0 Å². The Kier molecular flexibility index (Phi) is 2.38. The average molecular weight is 188 g/mol. The van der Waals surface area contributed by atoms with Gasteiger partial charge in [0.2, 0.25) is 0 Å². The standard InChI is InChI=1S/C14H20/c1-9(2)7-12-5-6-13-8-10(3)14(13)11(12)4/h5-6,9-10H,7-8H2,1-4H3. The predicted octanol–water partition coefficient (Wildman–Crippen LogP) is 3.85. The number of benzene rings is 1. The highest BCUT2D eigenvalue weighted by Gasteiger charge is 2.24. The molecule has 1 atom stereocenters. The molecule has 0 aliphatic heterocycles. The molecule has 1 aliphatic carbocycles. The van der Waals surface area contributed by atoms with E-state index >= 15 is 0 Å². The van der Waals surface area contributed by atoms with Crippen molar-refractivity contribution in [3.8, 4) is 0 Å². The van der Waals surface area contributed by atoms with Crippen molar-refractivity contribution in [3.05, 3.63) is 34.4 Å². The third-order valence-corrected chi connectivity index (χ3v) is 3.36. The van der Waals surface area contributed by atoms with Crippen molar-refractivity contribution in [3.63, 3.8) is 0 Å². The quantitative estimate of drug-likeness (QED) is 0.661. The summed E-state index contributed by atoms with van der Waals surface area (Å²) in [7, 11) is 0. The van der Waals surface area contributed by atoms with Crippen LogP contribution in [-0.4, -0.2) is 0 Å². The minimum Gasteiger partial charge on any atom is -0.0625 e. The van der Waals surface area contributed by atoms with Gasteiger partial charge >= 0.3 is 0 Å². The number of rotatable bonds is 2. The first kappa shape index (κ1) is 9.76. The van der Waals surface area contributed by atoms with Crippen LogP contribution in [0.15, 0.2) is 12.1 Å². The summed E-state index contributed by atoms with van der Waals surface area (Å²) in [5, 5.41) is 0. The Morgan fingerprint density at radius 3 is 2.64 bits per heavy atom. The molecule has 1 aromatic carbocycles. The second kappa shape index (κ2) is 3.42. The minimum absolute atomic E-state index is 0.766. The highest BCUT2D eigenvalue weighted by atomic mass is 14.3. The molecule has 76 valence electrons. The van der Waals surface area contributed by atoms with Crippen LogP contribution in [0.3, 0.4) is 0 Å². The topological polar surface area (TPSA) is 0 Å². The number of hydrogen-bond donors (Lipinski definition) is 0. The lowest BCUT2D eigenvalue weighted by Gasteiger charge is -2.30. The summed E-state index contributed by atoms with van der Waals surface area (Å²) >= 11 is 0. The van der Waals surface area contributed by atoms with Gasteiger partial charge in [0.15, 0.2) is 0 Å². The maximum Gasteiger partial charge on any atom is -0.0144 e. The fourth-order valence-corrected chi connectivity index (χ4v) is 2.66. The first-order chi connectivity index (χ1) is 6.59. The van der Waals surface area contributed by atoms with Crippen molar-refractivity contribution in [1.82, 2.24) is 0 Å². The van der Waals surface area contributed by atoms with Crippen molar-refractivity contribution in [2.45, 2.75) is 46.5 Å². The van der Waals surface area contributed by atoms with E-state index in [9.17, 15) is 0 Å². The normalized spacial score (nSPS) is 19.4. The van der Waals surface area contributed by atoms with E-state index in [-0.39, 0.29) is 0 Å². The van der Waals surface area contributed by atoms with E-state index in [0.29, 0.717) is 0 Å². The zero-order chi connectivity index (χ0) is 10.3. The van der Waals surface area contributed by atoms with Crippen LogP contribution in [-0.2, 0) is 12.8 Å². The molecule has 0 nitrogen and oxygen atoms in total. The average Bonchev–Trinajstić information content (AvgIpc) is 2.06. The van der Waals surface area contributed by atoms with Gasteiger partial charge in [0, 0.05) is 0 Å². The Morgan fingerprint density at radius 1 is 1.36 bits per heavy atom. The van der Waals surface area contributed by atoms with Crippen LogP contribution >= 0.6 is 0 Å². The summed E-state index contributed by atoms with van der Waals surface area (Å²) in [5.74, 6) is 1.57. The highest BCUT2D eigenvalue weighted by Crippen LogP contribution is 2.38. The third kappa shape index (κ3) is 1.47. The van der Waals surface area contributed by atoms with Crippen molar-refractivity contribution in [1.29, 1.82) is 0 Å². The van der Waals surface area contributed by atoms with Crippen LogP contribution in [0, 0.1) is 12.8 Å². The predicted molar refractivity (Wildman–Crippen MR) is 61.8 cm³/mol. The van der Waals surface area contributed by atoms with Gasteiger partial charge in [-0.2, -0.15) is 0 Å². The summed E-state index contributed by atoms with van der Waals surface area (Å²) in [6.45, 7) is 9.23. The fraction of sp³-hybridized carbons (Fsp3) is 0.571. The Bertz CT molecular complexity index is 347. The Morgan fingerprint density at radius 2 is 2.07 bits per heavy atom. The minimum atomic E-state index is 0.766. The summed E-state index contributed by atoms with van der Waals surface area (Å²) in [4.78, 5) is 0. The molecule has 0 bridgehead atoms. The SMILES string of the molecule is Cc1c(CC(C)C)ccc2c1C(C)C2. The van der Waals surface area contributed by atoms with Crippen LogP contribution in [0.5, 0.6) is 0 Å². The van der Waals surface area contributed by atoms with Crippen LogP contribution in [0.1, 0.15) is 48.9 Å². The zero-order valence-electron chi connectivity index (χ0n) is 9.72. The maximum atomic E-state index is 2.34. The van der Waals surface area contributed by atoms with Crippen LogP contribution in [0.4, 0.5) is 0 Å². The van der Waals surface area contributed by atoms with Crippen LogP contribution in [0.25, 0.3) is 0 Å². The molecule has 0 radical (unpaired) electrons. The highest BCUT2D eigenvalue weighted by molar-refractivity contribution is 5.48. The van der Waals surface area contributed by atoms with E-state index in [4.69, 9.17) is 0 Å². The molecule has 0 spiro atoms. The molecule has 0 N–H and O–H groups in total. The molecule has 2 rings (SSSR count). The van der Waals surface area contributed by atoms with Gasteiger partial charge in [0.1, 0.15) is 0 Å². The van der Waals surface area contributed by atoms with Gasteiger partial charge in [-0.1, -0.05) is 32.9 Å². The molecule has 0 fully saturated rings. The van der Waals surface area contributed by atoms with E-state index < -0.39 is 0 Å². The third-order valence-electron chi connectivity index (χ3n) is 3.36. The molecule has 1 aromatic rings. The van der Waals surface area contributed by atoms with Crippen molar-refractivity contribution < 1.29 is 0 Å². The molecule has 0 saturated carbocycles. The summed E-state index contributed by atoms with van der Waals surface area (Å²) < 4.78 is 0. The second-order valence-corrected chi connectivity index (χ2v) is 5.13. The van der Waals surface area contributed by atoms with Gasteiger partial charge in [0.25, 0.3) is 0 Å². The van der Waals surface area contributed by atoms with Crippen molar-refractivity contribution in [2.75, 3.05) is 0 Å². The van der Waals surface area contributed by atoms with Gasteiger partial charge in [-0.25, -0.2) is 0 Å². The molecule has 1 unspecified atom stereocenters. The smallest absolute Gasteiger partial charge is 0.0144 e. The molecule has 0 heterocycles. The van der Waals surface area contributed by atoms with Gasteiger partial charge in [-0.05, 0) is 53.9 Å². The van der Waals surface area contributed by atoms with Gasteiger partial charge < -0.3 is 0 Å². The van der Waals surface area contributed by atoms with Gasteiger partial charge in [-0.3, -0.25) is 0 Å². The molecular formula is C14H20. The van der Waals surface area contributed by atoms with Crippen molar-refractivity contribution in [2.24, 2.45) is 5.92 Å². The Balaban J connectivity index is 2.35. The molecule has 14 heavy (non-hydrogen) atoms. The second-order valence-electron chi connectivity index (χ2n) is 5.13. The fourth-order valence-electron chi connectivity index (χ4n) is 2.66. The first-order valence-corrected chi connectivity index (χ1v) is 5.71. The van der Waals surface area contributed by atoms with E-state index in [2.05, 4.69) is 39.8 Å². The molecule has 1 aliphatic rings. The molecule has 0 heteroatoms. The van der Waals surface area contributed by atoms with Crippen molar-refractivity contribution >= 4 is 0 Å². The maximum absolute atomic E-state index is 2.34. The summed E-state index contributed by atoms with van der Waals surface area (Å²) in [5.41, 5.74) is 6.35. The summed E-state index contributed by atoms with van der Waals surface area (Å²) in [6.07, 6.45) is 2.52. The first-order valence-electron chi connectivity index (χ1n) is 5.71. The lowest BCUT2D eigenvalue weighted by atomic mass is 9.74. The molecule has 0 aromatic heterocycles. The lowest BCUT2D eigenvalue weighted by Crippen LogP contribution is -2.17. The Labute approximate surface area is 87.3 Å². The molecule has 0 amide bonds. The Hall–Kier alpha value is -0.780. The van der Waals surface area contributed by atoms with Gasteiger partial charge in [0.05, 0.1) is 0 Å². The largest absolute Gasteiger partial charge is 0.0625 e. The molecule has 0 saturated heterocycles. The van der Waals surface area contributed by atoms with Crippen LogP contribution < -0.4 is 0 Å². The zero-order valence-corrected chi connectivity index (χ0v) is 9.72. The van der Waals surface area contributed by atoms with E-state index in [1.54, 1.807) is 22.3 Å².